The summed E-state index contributed by atoms with van der Waals surface area (Å²) in [5, 5.41) is 13.8. The molecule has 0 saturated heterocycles. The topological polar surface area (TPSA) is 97.8 Å². The fourth-order valence-electron chi connectivity index (χ4n) is 0.683. The number of oxime groups is 1. The van der Waals surface area contributed by atoms with Gasteiger partial charge in [0.1, 0.15) is 12.8 Å². The van der Waals surface area contributed by atoms with Crippen LogP contribution in [0.2, 0.25) is 0 Å². The highest BCUT2D eigenvalue weighted by atomic mass is 32.1. The highest BCUT2D eigenvalue weighted by molar-refractivity contribution is 7.13. The van der Waals surface area contributed by atoms with E-state index in [-0.39, 0.29) is 11.4 Å². The van der Waals surface area contributed by atoms with E-state index in [4.69, 9.17) is 10.8 Å². The van der Waals surface area contributed by atoms with E-state index >= 15 is 0 Å². The Balaban J connectivity index is 3.02. The van der Waals surface area contributed by atoms with Gasteiger partial charge in [0, 0.05) is 5.38 Å². The number of nitrogen functional groups attached to an aromatic ring is 1. The number of rotatable bonds is 3. The van der Waals surface area contributed by atoms with Crippen LogP contribution in [0.1, 0.15) is 5.69 Å². The number of thiazole rings is 1. The maximum atomic E-state index is 10.6. The fraction of sp³-hybridized carbons (Fsp3) is 0.167. The predicted molar refractivity (Wildman–Crippen MR) is 47.7 cm³/mol. The molecule has 0 spiro atoms. The number of aliphatic carboxylic acids is 1. The fourth-order valence-corrected chi connectivity index (χ4v) is 1.23. The summed E-state index contributed by atoms with van der Waals surface area (Å²) in [6, 6.07) is 0. The Morgan fingerprint density at radius 3 is 2.92 bits per heavy atom. The molecule has 0 aliphatic heterocycles. The molecule has 0 fully saturated rings. The molecule has 0 atom stereocenters. The van der Waals surface area contributed by atoms with Gasteiger partial charge in [-0.15, -0.1) is 11.3 Å². The monoisotopic (exact) mass is 201 g/mol. The first kappa shape index (κ1) is 9.46. The first-order valence-corrected chi connectivity index (χ1v) is 4.09. The molecule has 0 saturated carbocycles. The summed E-state index contributed by atoms with van der Waals surface area (Å²) in [6.45, 7) is 0. The van der Waals surface area contributed by atoms with Gasteiger partial charge in [0.2, 0.25) is 5.71 Å². The lowest BCUT2D eigenvalue weighted by molar-refractivity contribution is -0.129. The zero-order valence-corrected chi connectivity index (χ0v) is 7.54. The van der Waals surface area contributed by atoms with Gasteiger partial charge in [0.15, 0.2) is 5.13 Å². The van der Waals surface area contributed by atoms with Crippen molar-refractivity contribution >= 4 is 28.1 Å². The third kappa shape index (κ3) is 2.15. The lowest BCUT2D eigenvalue weighted by atomic mass is 10.3. The van der Waals surface area contributed by atoms with Crippen LogP contribution in [0.15, 0.2) is 10.5 Å². The van der Waals surface area contributed by atoms with Gasteiger partial charge in [-0.05, 0) is 0 Å². The molecule has 1 aromatic heterocycles. The second-order valence-corrected chi connectivity index (χ2v) is 2.89. The summed E-state index contributed by atoms with van der Waals surface area (Å²) in [5.41, 5.74) is 5.28. The number of carboxylic acid groups (broad SMARTS) is 1. The second-order valence-electron chi connectivity index (χ2n) is 2.00. The second kappa shape index (κ2) is 3.85. The Morgan fingerprint density at radius 2 is 2.54 bits per heavy atom. The Bertz CT molecular complexity index is 347. The summed E-state index contributed by atoms with van der Waals surface area (Å²) in [4.78, 5) is 18.7. The minimum absolute atomic E-state index is 0.205. The Kier molecular flexibility index (Phi) is 2.80. The van der Waals surface area contributed by atoms with Crippen molar-refractivity contribution in [2.45, 2.75) is 0 Å². The largest absolute Gasteiger partial charge is 0.476 e. The molecular formula is C6H7N3O3S. The van der Waals surface area contributed by atoms with Crippen molar-refractivity contribution in [3.8, 4) is 0 Å². The predicted octanol–water partition coefficient (Wildman–Crippen LogP) is 0.160. The highest BCUT2D eigenvalue weighted by Gasteiger charge is 2.16. The molecule has 1 heterocycles. The molecule has 0 bridgehead atoms. The van der Waals surface area contributed by atoms with Crippen molar-refractivity contribution in [3.63, 3.8) is 0 Å². The maximum Gasteiger partial charge on any atom is 0.360 e. The van der Waals surface area contributed by atoms with Gasteiger partial charge in [-0.1, -0.05) is 5.16 Å². The number of hydrogen-bond donors (Lipinski definition) is 2. The van der Waals surface area contributed by atoms with Crippen LogP contribution in [-0.2, 0) is 9.63 Å². The normalized spacial score (nSPS) is 11.3. The van der Waals surface area contributed by atoms with Crippen LogP contribution in [0.3, 0.4) is 0 Å². The quantitative estimate of drug-likeness (QED) is 0.536. The standard InChI is InChI=1S/C6H7N3O3S/c1-12-9-4(5(10)11)3-2-13-6(7)8-3/h2H,1H3,(H2,7,8)(H,10,11)/b9-4-. The van der Waals surface area contributed by atoms with Crippen LogP contribution in [0, 0.1) is 0 Å². The summed E-state index contributed by atoms with van der Waals surface area (Å²) in [7, 11) is 1.26. The smallest absolute Gasteiger partial charge is 0.360 e. The van der Waals surface area contributed by atoms with Crippen LogP contribution in [0.4, 0.5) is 5.13 Å². The Labute approximate surface area is 77.6 Å². The van der Waals surface area contributed by atoms with Gasteiger partial charge < -0.3 is 15.7 Å². The molecule has 0 amide bonds. The Morgan fingerprint density at radius 1 is 1.85 bits per heavy atom. The SMILES string of the molecule is CO/N=C(\C(=O)O)c1csc(N)n1. The van der Waals surface area contributed by atoms with Crippen LogP contribution < -0.4 is 5.73 Å². The number of nitrogens with two attached hydrogens (primary N) is 1. The van der Waals surface area contributed by atoms with Crippen LogP contribution in [0.5, 0.6) is 0 Å². The molecule has 0 aliphatic rings. The van der Waals surface area contributed by atoms with Crippen molar-refractivity contribution in [3.05, 3.63) is 11.1 Å². The first-order chi connectivity index (χ1) is 6.15. The summed E-state index contributed by atoms with van der Waals surface area (Å²) in [5.74, 6) is -1.20. The number of nitrogens with zero attached hydrogens (tertiary/aromatic N) is 2. The van der Waals surface area contributed by atoms with E-state index in [2.05, 4.69) is 15.0 Å². The Hall–Kier alpha value is -1.63. The van der Waals surface area contributed by atoms with E-state index in [9.17, 15) is 4.79 Å². The molecule has 1 aromatic rings. The van der Waals surface area contributed by atoms with Crippen molar-refractivity contribution in [1.82, 2.24) is 4.98 Å². The molecule has 0 aromatic carbocycles. The van der Waals surface area contributed by atoms with Crippen LogP contribution in [-0.4, -0.2) is 28.9 Å². The minimum atomic E-state index is -1.20. The van der Waals surface area contributed by atoms with Crippen LogP contribution >= 0.6 is 11.3 Å². The molecule has 1 rings (SSSR count). The lowest BCUT2D eigenvalue weighted by Crippen LogP contribution is -2.15. The number of carboxylic acids is 1. The summed E-state index contributed by atoms with van der Waals surface area (Å²) < 4.78 is 0. The number of hydrogen-bond acceptors (Lipinski definition) is 6. The van der Waals surface area contributed by atoms with E-state index in [1.54, 1.807) is 0 Å². The van der Waals surface area contributed by atoms with Crippen molar-refractivity contribution in [2.75, 3.05) is 12.8 Å². The average Bonchev–Trinajstić information content (AvgIpc) is 2.46. The first-order valence-electron chi connectivity index (χ1n) is 3.21. The maximum absolute atomic E-state index is 10.6. The van der Waals surface area contributed by atoms with Crippen molar-refractivity contribution in [1.29, 1.82) is 0 Å². The minimum Gasteiger partial charge on any atom is -0.476 e. The highest BCUT2D eigenvalue weighted by Crippen LogP contribution is 2.12. The van der Waals surface area contributed by atoms with Crippen molar-refractivity contribution in [2.24, 2.45) is 5.16 Å². The van der Waals surface area contributed by atoms with E-state index in [0.717, 1.165) is 11.3 Å². The average molecular weight is 201 g/mol. The molecule has 0 radical (unpaired) electrons. The zero-order valence-electron chi connectivity index (χ0n) is 6.72. The molecule has 0 aliphatic carbocycles. The van der Waals surface area contributed by atoms with Gasteiger partial charge >= 0.3 is 5.97 Å². The van der Waals surface area contributed by atoms with E-state index in [1.807, 2.05) is 0 Å². The summed E-state index contributed by atoms with van der Waals surface area (Å²) >= 11 is 1.14. The van der Waals surface area contributed by atoms with Crippen LogP contribution in [0.25, 0.3) is 0 Å². The molecule has 0 unspecified atom stereocenters. The molecule has 70 valence electrons. The van der Waals surface area contributed by atoms with E-state index in [1.165, 1.54) is 12.5 Å². The van der Waals surface area contributed by atoms with Gasteiger partial charge in [-0.2, -0.15) is 0 Å². The summed E-state index contributed by atoms with van der Waals surface area (Å²) in [6.07, 6.45) is 0. The zero-order chi connectivity index (χ0) is 9.84. The number of carbonyl (C=O) groups is 1. The molecule has 7 heteroatoms. The molecule has 3 N–H and O–H groups in total. The van der Waals surface area contributed by atoms with Gasteiger partial charge in [0.05, 0.1) is 0 Å². The molecule has 13 heavy (non-hydrogen) atoms. The third-order valence-corrected chi connectivity index (χ3v) is 1.82. The van der Waals surface area contributed by atoms with Gasteiger partial charge in [0.25, 0.3) is 0 Å². The van der Waals surface area contributed by atoms with Gasteiger partial charge in [-0.3, -0.25) is 0 Å². The van der Waals surface area contributed by atoms with Crippen molar-refractivity contribution < 1.29 is 14.7 Å². The van der Waals surface area contributed by atoms with E-state index in [0.29, 0.717) is 5.13 Å². The molecular weight excluding hydrogens is 194 g/mol. The van der Waals surface area contributed by atoms with E-state index < -0.39 is 5.97 Å². The number of aromatic nitrogens is 1. The molecule has 6 nitrogen and oxygen atoms in total. The number of anilines is 1. The lowest BCUT2D eigenvalue weighted by Gasteiger charge is -1.94. The van der Waals surface area contributed by atoms with Gasteiger partial charge in [-0.25, -0.2) is 9.78 Å². The third-order valence-electron chi connectivity index (χ3n) is 1.15.